The van der Waals surface area contributed by atoms with E-state index in [2.05, 4.69) is 17.2 Å². The van der Waals surface area contributed by atoms with Gasteiger partial charge in [0, 0.05) is 19.0 Å². The lowest BCUT2D eigenvalue weighted by Crippen LogP contribution is -2.32. The molecule has 24 heavy (non-hydrogen) atoms. The Morgan fingerprint density at radius 1 is 1.38 bits per heavy atom. The number of benzene rings is 1. The number of ether oxygens (including phenoxy) is 1. The normalized spacial score (nSPS) is 10.3. The number of rotatable bonds is 4. The largest absolute Gasteiger partial charge is 0.478 e. The number of carbonyl (C=O) groups excluding carboxylic acids is 1. The van der Waals surface area contributed by atoms with Gasteiger partial charge in [0.15, 0.2) is 0 Å². The minimum absolute atomic E-state index is 0.113. The van der Waals surface area contributed by atoms with Crippen molar-refractivity contribution in [2.75, 3.05) is 6.54 Å². The van der Waals surface area contributed by atoms with Crippen LogP contribution in [-0.2, 0) is 4.74 Å². The lowest BCUT2D eigenvalue weighted by molar-refractivity contribution is -0.385. The number of carbonyl (C=O) groups is 2. The van der Waals surface area contributed by atoms with E-state index in [1.807, 2.05) is 0 Å². The topological polar surface area (TPSA) is 119 Å². The van der Waals surface area contributed by atoms with Crippen LogP contribution in [0, 0.1) is 22.0 Å². The van der Waals surface area contributed by atoms with E-state index in [9.17, 15) is 19.7 Å². The van der Waals surface area contributed by atoms with Crippen molar-refractivity contribution in [3.05, 3.63) is 39.4 Å². The van der Waals surface area contributed by atoms with Gasteiger partial charge >= 0.3 is 12.1 Å². The molecule has 1 aromatic carbocycles. The number of hydrogen-bond acceptors (Lipinski definition) is 5. The van der Waals surface area contributed by atoms with E-state index in [1.165, 1.54) is 12.1 Å². The van der Waals surface area contributed by atoms with Crippen LogP contribution in [0.2, 0.25) is 0 Å². The molecule has 1 amide bonds. The van der Waals surface area contributed by atoms with Crippen molar-refractivity contribution in [2.24, 2.45) is 0 Å². The molecule has 128 valence electrons. The number of alkyl carbamates (subject to hydrolysis) is 1. The summed E-state index contributed by atoms with van der Waals surface area (Å²) in [6, 6.07) is 3.50. The highest BCUT2D eigenvalue weighted by atomic mass is 16.6. The minimum Gasteiger partial charge on any atom is -0.478 e. The number of nitrogens with zero attached hydrogens (tertiary/aromatic N) is 1. The molecule has 0 saturated carbocycles. The molecule has 0 aliphatic rings. The molecule has 8 heteroatoms. The van der Waals surface area contributed by atoms with E-state index in [0.717, 1.165) is 6.07 Å². The smallest absolute Gasteiger partial charge is 0.407 e. The van der Waals surface area contributed by atoms with Gasteiger partial charge in [-0.3, -0.25) is 10.1 Å². The summed E-state index contributed by atoms with van der Waals surface area (Å²) < 4.78 is 5.05. The fourth-order valence-corrected chi connectivity index (χ4v) is 1.62. The first-order valence-electron chi connectivity index (χ1n) is 7.07. The van der Waals surface area contributed by atoms with Gasteiger partial charge < -0.3 is 15.2 Å². The maximum absolute atomic E-state index is 11.4. The van der Waals surface area contributed by atoms with Crippen LogP contribution >= 0.6 is 0 Å². The zero-order valence-corrected chi connectivity index (χ0v) is 13.6. The number of hydrogen-bond donors (Lipinski definition) is 2. The molecular weight excluding hydrogens is 316 g/mol. The lowest BCUT2D eigenvalue weighted by Gasteiger charge is -2.19. The van der Waals surface area contributed by atoms with Crippen LogP contribution in [0.3, 0.4) is 0 Å². The highest BCUT2D eigenvalue weighted by molar-refractivity contribution is 5.88. The van der Waals surface area contributed by atoms with Crippen LogP contribution in [0.5, 0.6) is 0 Å². The van der Waals surface area contributed by atoms with Crippen molar-refractivity contribution in [3.8, 4) is 11.8 Å². The Bertz CT molecular complexity index is 710. The molecule has 0 bridgehead atoms. The molecular formula is C16H18N2O6. The fraction of sp³-hybridized carbons (Fsp3) is 0.375. The second kappa shape index (κ2) is 7.97. The molecule has 0 aromatic heterocycles. The second-order valence-corrected chi connectivity index (χ2v) is 5.77. The predicted molar refractivity (Wildman–Crippen MR) is 85.8 cm³/mol. The number of nitro benzene ring substituents is 1. The van der Waals surface area contributed by atoms with E-state index in [1.54, 1.807) is 20.8 Å². The van der Waals surface area contributed by atoms with Crippen molar-refractivity contribution in [2.45, 2.75) is 32.8 Å². The summed E-state index contributed by atoms with van der Waals surface area (Å²) in [7, 11) is 0. The molecule has 1 aromatic rings. The van der Waals surface area contributed by atoms with Gasteiger partial charge in [0.1, 0.15) is 11.2 Å². The number of carboxylic acids is 1. The van der Waals surface area contributed by atoms with E-state index >= 15 is 0 Å². The lowest BCUT2D eigenvalue weighted by atomic mass is 10.1. The first-order valence-corrected chi connectivity index (χ1v) is 7.07. The molecule has 2 N–H and O–H groups in total. The zero-order chi connectivity index (χ0) is 18.3. The average molecular weight is 334 g/mol. The number of nitrogens with one attached hydrogen (secondary N) is 1. The summed E-state index contributed by atoms with van der Waals surface area (Å²) in [6.45, 7) is 5.45. The van der Waals surface area contributed by atoms with Crippen LogP contribution in [0.4, 0.5) is 10.5 Å². The van der Waals surface area contributed by atoms with Crippen molar-refractivity contribution in [1.29, 1.82) is 0 Å². The molecule has 0 aliphatic heterocycles. The molecule has 8 nitrogen and oxygen atoms in total. The highest BCUT2D eigenvalue weighted by Crippen LogP contribution is 2.19. The van der Waals surface area contributed by atoms with Crippen molar-refractivity contribution >= 4 is 17.7 Å². The average Bonchev–Trinajstić information content (AvgIpc) is 2.44. The first-order chi connectivity index (χ1) is 11.1. The van der Waals surface area contributed by atoms with E-state index in [4.69, 9.17) is 9.84 Å². The third-order valence-electron chi connectivity index (χ3n) is 2.58. The SMILES string of the molecule is CC(C)(C)OC(=O)NCCC#Cc1ccc(C(=O)O)cc1[N+](=O)[O-]. The number of amides is 1. The molecule has 0 unspecified atom stereocenters. The van der Waals surface area contributed by atoms with Gasteiger partial charge in [-0.1, -0.05) is 11.8 Å². The summed E-state index contributed by atoms with van der Waals surface area (Å²) in [5.74, 6) is 4.05. The van der Waals surface area contributed by atoms with Crippen molar-refractivity contribution in [1.82, 2.24) is 5.32 Å². The Labute approximate surface area is 139 Å². The Kier molecular flexibility index (Phi) is 6.30. The third kappa shape index (κ3) is 6.36. The van der Waals surface area contributed by atoms with Gasteiger partial charge in [-0.05, 0) is 32.9 Å². The molecule has 0 radical (unpaired) electrons. The Balaban J connectivity index is 2.68. The zero-order valence-electron chi connectivity index (χ0n) is 13.6. The predicted octanol–water partition coefficient (Wildman–Crippen LogP) is 2.56. The molecule has 0 fully saturated rings. The van der Waals surface area contributed by atoms with Crippen LogP contribution < -0.4 is 5.32 Å². The summed E-state index contributed by atoms with van der Waals surface area (Å²) in [5.41, 5.74) is -1.04. The Morgan fingerprint density at radius 3 is 2.58 bits per heavy atom. The maximum atomic E-state index is 11.4. The van der Waals surface area contributed by atoms with Gasteiger partial charge in [0.25, 0.3) is 5.69 Å². The Morgan fingerprint density at radius 2 is 2.04 bits per heavy atom. The van der Waals surface area contributed by atoms with Gasteiger partial charge in [-0.25, -0.2) is 9.59 Å². The van der Waals surface area contributed by atoms with Crippen LogP contribution in [0.15, 0.2) is 18.2 Å². The van der Waals surface area contributed by atoms with Crippen LogP contribution in [0.1, 0.15) is 43.1 Å². The molecule has 0 heterocycles. The first kappa shape index (κ1) is 19.0. The number of nitro groups is 1. The van der Waals surface area contributed by atoms with E-state index in [-0.39, 0.29) is 29.8 Å². The molecule has 0 aliphatic carbocycles. The molecule has 1 rings (SSSR count). The maximum Gasteiger partial charge on any atom is 0.407 e. The van der Waals surface area contributed by atoms with Crippen molar-refractivity contribution in [3.63, 3.8) is 0 Å². The number of aromatic carboxylic acids is 1. The Hall–Kier alpha value is -3.08. The minimum atomic E-state index is -1.25. The van der Waals surface area contributed by atoms with Crippen molar-refractivity contribution < 1.29 is 24.4 Å². The van der Waals surface area contributed by atoms with E-state index in [0.29, 0.717) is 0 Å². The quantitative estimate of drug-likeness (QED) is 0.378. The summed E-state index contributed by atoms with van der Waals surface area (Å²) in [5, 5.41) is 22.3. The molecule has 0 spiro atoms. The van der Waals surface area contributed by atoms with Gasteiger partial charge in [0.2, 0.25) is 0 Å². The monoisotopic (exact) mass is 334 g/mol. The third-order valence-corrected chi connectivity index (χ3v) is 2.58. The fourth-order valence-electron chi connectivity index (χ4n) is 1.62. The number of carboxylic acid groups (broad SMARTS) is 1. The van der Waals surface area contributed by atoms with Gasteiger partial charge in [-0.15, -0.1) is 0 Å². The van der Waals surface area contributed by atoms with E-state index < -0.39 is 22.6 Å². The summed E-state index contributed by atoms with van der Waals surface area (Å²) in [6.07, 6.45) is -0.307. The highest BCUT2D eigenvalue weighted by Gasteiger charge is 2.16. The van der Waals surface area contributed by atoms with Gasteiger partial charge in [0.05, 0.1) is 10.5 Å². The summed E-state index contributed by atoms with van der Waals surface area (Å²) >= 11 is 0. The van der Waals surface area contributed by atoms with Gasteiger partial charge in [-0.2, -0.15) is 0 Å². The standard InChI is InChI=1S/C16H18N2O6/c1-16(2,3)24-15(21)17-9-5-4-6-11-7-8-12(14(19)20)10-13(11)18(22)23/h7-8,10H,5,9H2,1-3H3,(H,17,21)(H,19,20). The molecule has 0 atom stereocenters. The summed E-state index contributed by atoms with van der Waals surface area (Å²) in [4.78, 5) is 32.5. The molecule has 0 saturated heterocycles. The van der Waals surface area contributed by atoms with Crippen LogP contribution in [-0.4, -0.2) is 34.2 Å². The van der Waals surface area contributed by atoms with Crippen LogP contribution in [0.25, 0.3) is 0 Å². The second-order valence-electron chi connectivity index (χ2n) is 5.77.